The molecule has 0 aromatic carbocycles. The minimum Gasteiger partial charge on any atom is -0.387 e. The summed E-state index contributed by atoms with van der Waals surface area (Å²) < 4.78 is 9.55. The Morgan fingerprint density at radius 1 is 1.27 bits per heavy atom. The first-order valence-corrected chi connectivity index (χ1v) is 4.86. The van der Waals surface area contributed by atoms with Crippen molar-refractivity contribution in [2.45, 2.75) is 12.8 Å². The van der Waals surface area contributed by atoms with Crippen molar-refractivity contribution >= 4 is 11.9 Å². The molecule has 0 atom stereocenters. The molecular weight excluding hydrogens is 196 g/mol. The number of esters is 2. The van der Waals surface area contributed by atoms with Crippen LogP contribution in [0.2, 0.25) is 0 Å². The highest BCUT2D eigenvalue weighted by atomic mass is 16.6. The number of carbonyl (C=O) groups excluding carboxylic acids is 2. The maximum atomic E-state index is 11.0. The van der Waals surface area contributed by atoms with Gasteiger partial charge in [-0.2, -0.15) is 0 Å². The number of ether oxygens (including phenoxy) is 2. The van der Waals surface area contributed by atoms with E-state index in [1.54, 1.807) is 6.08 Å². The fraction of sp³-hybridized carbons (Fsp3) is 0.455. The molecule has 1 rings (SSSR count). The van der Waals surface area contributed by atoms with Crippen LogP contribution in [-0.2, 0) is 19.1 Å². The van der Waals surface area contributed by atoms with Gasteiger partial charge in [-0.05, 0) is 18.8 Å². The Morgan fingerprint density at radius 3 is 2.53 bits per heavy atom. The van der Waals surface area contributed by atoms with Gasteiger partial charge in [0, 0.05) is 25.4 Å². The summed E-state index contributed by atoms with van der Waals surface area (Å²) in [5.41, 5.74) is 0. The number of allylic oxidation sites excluding steroid dienone is 1. The Bertz CT molecular complexity index is 274. The summed E-state index contributed by atoms with van der Waals surface area (Å²) in [6.07, 6.45) is 5.82. The van der Waals surface area contributed by atoms with E-state index in [0.717, 1.165) is 32.1 Å². The van der Waals surface area contributed by atoms with E-state index in [4.69, 9.17) is 4.74 Å². The fourth-order valence-electron chi connectivity index (χ4n) is 1.30. The number of carbonyl (C=O) groups is 2. The molecule has 0 amide bonds. The Hall–Kier alpha value is -1.42. The molecule has 0 N–H and O–H groups in total. The van der Waals surface area contributed by atoms with Gasteiger partial charge in [0.1, 0.15) is 0 Å². The van der Waals surface area contributed by atoms with Crippen molar-refractivity contribution in [2.24, 2.45) is 5.92 Å². The minimum atomic E-state index is -0.725. The summed E-state index contributed by atoms with van der Waals surface area (Å²) in [5, 5.41) is 0. The zero-order valence-corrected chi connectivity index (χ0v) is 8.48. The Labute approximate surface area is 88.6 Å². The normalized spacial score (nSPS) is 17.6. The average molecular weight is 210 g/mol. The summed E-state index contributed by atoms with van der Waals surface area (Å²) >= 11 is 0. The van der Waals surface area contributed by atoms with E-state index in [0.29, 0.717) is 5.92 Å². The van der Waals surface area contributed by atoms with Gasteiger partial charge in [-0.1, -0.05) is 12.7 Å². The second-order valence-electron chi connectivity index (χ2n) is 3.25. The molecule has 1 fully saturated rings. The molecule has 1 heterocycles. The van der Waals surface area contributed by atoms with E-state index < -0.39 is 11.9 Å². The van der Waals surface area contributed by atoms with Crippen LogP contribution in [0.5, 0.6) is 0 Å². The lowest BCUT2D eigenvalue weighted by Gasteiger charge is -2.18. The van der Waals surface area contributed by atoms with Crippen molar-refractivity contribution < 1.29 is 19.1 Å². The van der Waals surface area contributed by atoms with Gasteiger partial charge in [-0.3, -0.25) is 0 Å². The van der Waals surface area contributed by atoms with Crippen LogP contribution >= 0.6 is 0 Å². The molecule has 0 radical (unpaired) electrons. The van der Waals surface area contributed by atoms with Crippen molar-refractivity contribution in [3.63, 3.8) is 0 Å². The predicted octanol–water partition coefficient (Wildman–Crippen LogP) is 1.22. The molecule has 82 valence electrons. The number of hydrogen-bond acceptors (Lipinski definition) is 4. The van der Waals surface area contributed by atoms with Gasteiger partial charge in [0.2, 0.25) is 0 Å². The van der Waals surface area contributed by atoms with Crippen LogP contribution in [0.25, 0.3) is 0 Å². The van der Waals surface area contributed by atoms with Gasteiger partial charge in [0.05, 0.1) is 0 Å². The van der Waals surface area contributed by atoms with Crippen LogP contribution in [0, 0.1) is 5.92 Å². The second-order valence-corrected chi connectivity index (χ2v) is 3.25. The highest BCUT2D eigenvalue weighted by molar-refractivity contribution is 5.96. The molecule has 0 aliphatic carbocycles. The first kappa shape index (κ1) is 11.7. The third-order valence-corrected chi connectivity index (χ3v) is 2.14. The summed E-state index contributed by atoms with van der Waals surface area (Å²) in [5.74, 6) is -1.03. The third-order valence-electron chi connectivity index (χ3n) is 2.14. The fourth-order valence-corrected chi connectivity index (χ4v) is 1.30. The van der Waals surface area contributed by atoms with E-state index in [-0.39, 0.29) is 0 Å². The van der Waals surface area contributed by atoms with Crippen molar-refractivity contribution in [3.8, 4) is 0 Å². The zero-order chi connectivity index (χ0) is 11.1. The first-order valence-electron chi connectivity index (χ1n) is 4.86. The summed E-state index contributed by atoms with van der Waals surface area (Å²) in [6, 6.07) is 0. The predicted molar refractivity (Wildman–Crippen MR) is 54.0 cm³/mol. The Balaban J connectivity index is 2.32. The smallest absolute Gasteiger partial charge is 0.338 e. The quantitative estimate of drug-likeness (QED) is 0.399. The summed E-state index contributed by atoms with van der Waals surface area (Å²) in [7, 11) is 0. The molecular formula is C11H14O4. The highest BCUT2D eigenvalue weighted by Gasteiger charge is 2.11. The minimum absolute atomic E-state index is 0.338. The zero-order valence-electron chi connectivity index (χ0n) is 8.48. The molecule has 0 spiro atoms. The van der Waals surface area contributed by atoms with E-state index >= 15 is 0 Å². The van der Waals surface area contributed by atoms with Gasteiger partial charge >= 0.3 is 11.9 Å². The highest BCUT2D eigenvalue weighted by Crippen LogP contribution is 2.15. The van der Waals surface area contributed by atoms with Crippen LogP contribution in [0.3, 0.4) is 0 Å². The van der Waals surface area contributed by atoms with Crippen molar-refractivity contribution in [1.29, 1.82) is 0 Å². The molecule has 4 nitrogen and oxygen atoms in total. The lowest BCUT2D eigenvalue weighted by molar-refractivity contribution is -0.152. The maximum Gasteiger partial charge on any atom is 0.338 e. The van der Waals surface area contributed by atoms with Crippen LogP contribution in [-0.4, -0.2) is 25.2 Å². The lowest BCUT2D eigenvalue weighted by atomic mass is 10.00. The molecule has 4 heteroatoms. The van der Waals surface area contributed by atoms with Gasteiger partial charge in [0.15, 0.2) is 0 Å². The lowest BCUT2D eigenvalue weighted by Crippen LogP contribution is -2.14. The van der Waals surface area contributed by atoms with E-state index in [9.17, 15) is 9.59 Å². The SMILES string of the molecule is C=CC(=O)OC(=O)/C=C/C1CCOCC1. The molecule has 0 unspecified atom stereocenters. The molecule has 0 saturated carbocycles. The molecule has 1 aliphatic heterocycles. The first-order chi connectivity index (χ1) is 7.22. The van der Waals surface area contributed by atoms with Gasteiger partial charge in [-0.15, -0.1) is 0 Å². The van der Waals surface area contributed by atoms with Crippen molar-refractivity contribution in [1.82, 2.24) is 0 Å². The molecule has 0 bridgehead atoms. The van der Waals surface area contributed by atoms with Crippen LogP contribution in [0.4, 0.5) is 0 Å². The second kappa shape index (κ2) is 6.14. The van der Waals surface area contributed by atoms with E-state index in [2.05, 4.69) is 11.3 Å². The van der Waals surface area contributed by atoms with Crippen LogP contribution < -0.4 is 0 Å². The monoisotopic (exact) mass is 210 g/mol. The van der Waals surface area contributed by atoms with Gasteiger partial charge in [-0.25, -0.2) is 9.59 Å². The molecule has 0 aromatic heterocycles. The van der Waals surface area contributed by atoms with Crippen molar-refractivity contribution in [3.05, 3.63) is 24.8 Å². The van der Waals surface area contributed by atoms with Crippen molar-refractivity contribution in [2.75, 3.05) is 13.2 Å². The number of hydrogen-bond donors (Lipinski definition) is 0. The van der Waals surface area contributed by atoms with Crippen LogP contribution in [0.15, 0.2) is 24.8 Å². The van der Waals surface area contributed by atoms with E-state index in [1.165, 1.54) is 6.08 Å². The van der Waals surface area contributed by atoms with Gasteiger partial charge in [0.25, 0.3) is 0 Å². The molecule has 1 aliphatic rings. The largest absolute Gasteiger partial charge is 0.387 e. The Morgan fingerprint density at radius 2 is 1.93 bits per heavy atom. The molecule has 1 saturated heterocycles. The van der Waals surface area contributed by atoms with Crippen LogP contribution in [0.1, 0.15) is 12.8 Å². The van der Waals surface area contributed by atoms with Gasteiger partial charge < -0.3 is 9.47 Å². The summed E-state index contributed by atoms with van der Waals surface area (Å²) in [4.78, 5) is 21.7. The van der Waals surface area contributed by atoms with E-state index in [1.807, 2.05) is 0 Å². The average Bonchev–Trinajstić information content (AvgIpc) is 2.27. The summed E-state index contributed by atoms with van der Waals surface area (Å²) in [6.45, 7) is 4.63. The number of rotatable bonds is 3. The molecule has 15 heavy (non-hydrogen) atoms. The molecule has 0 aromatic rings. The Kier molecular flexibility index (Phi) is 4.77. The topological polar surface area (TPSA) is 52.6 Å². The standard InChI is InChI=1S/C11H14O4/c1-2-10(12)15-11(13)4-3-9-5-7-14-8-6-9/h2-4,9H,1,5-8H2/b4-3+. The maximum absolute atomic E-state index is 11.0. The third kappa shape index (κ3) is 4.56.